The second-order valence-electron chi connectivity index (χ2n) is 11.0. The molecule has 0 aliphatic carbocycles. The Morgan fingerprint density at radius 3 is 2.34 bits per heavy atom. The highest BCUT2D eigenvalue weighted by Gasteiger charge is 2.38. The number of hydrogen-bond acceptors (Lipinski definition) is 5. The molecule has 0 fully saturated rings. The van der Waals surface area contributed by atoms with Crippen molar-refractivity contribution >= 4 is 31.1 Å². The number of alkyl halides is 1. The zero-order valence-corrected chi connectivity index (χ0v) is 24.3. The zero-order chi connectivity index (χ0) is 27.0. The van der Waals surface area contributed by atoms with E-state index < -0.39 is 49.5 Å². The van der Waals surface area contributed by atoms with Crippen LogP contribution in [0.25, 0.3) is 0 Å². The van der Waals surface area contributed by atoms with E-state index in [1.54, 1.807) is 40.9 Å². The van der Waals surface area contributed by atoms with Gasteiger partial charge in [-0.3, -0.25) is 9.38 Å². The maximum absolute atomic E-state index is 14.9. The van der Waals surface area contributed by atoms with Crippen LogP contribution in [0.4, 0.5) is 18.0 Å². The standard InChI is InChI=1S/C25H41F3N2O3SSi/c1-18(13-14-26)25(5,19-11-10-12-20(27)21(19)28)29-22(34-6)30(23(31)33-24(2,3)4)17-32-15-16-35(7,8)9/h10-12,18H,13-17H2,1-9H3/b29-22-/t18-,25+/m1/s1. The second kappa shape index (κ2) is 13.1. The van der Waals surface area contributed by atoms with E-state index in [-0.39, 0.29) is 23.9 Å². The third kappa shape index (κ3) is 9.80. The van der Waals surface area contributed by atoms with E-state index in [1.807, 2.05) is 0 Å². The number of benzene rings is 1. The molecule has 0 radical (unpaired) electrons. The van der Waals surface area contributed by atoms with Crippen molar-refractivity contribution in [1.29, 1.82) is 0 Å². The lowest BCUT2D eigenvalue weighted by Gasteiger charge is -2.35. The van der Waals surface area contributed by atoms with Gasteiger partial charge >= 0.3 is 6.09 Å². The maximum atomic E-state index is 14.9. The van der Waals surface area contributed by atoms with Crippen molar-refractivity contribution in [3.63, 3.8) is 0 Å². The molecule has 2 atom stereocenters. The number of aliphatic imine (C=N–C) groups is 1. The average molecular weight is 535 g/mol. The molecule has 0 heterocycles. The Bertz CT molecular complexity index is 874. The minimum atomic E-state index is -1.36. The Morgan fingerprint density at radius 1 is 1.20 bits per heavy atom. The van der Waals surface area contributed by atoms with Crippen LogP contribution in [-0.4, -0.2) is 56.1 Å². The molecule has 0 saturated heterocycles. The van der Waals surface area contributed by atoms with Crippen LogP contribution < -0.4 is 0 Å². The molecule has 0 aromatic heterocycles. The van der Waals surface area contributed by atoms with Gasteiger partial charge in [0.05, 0.1) is 12.2 Å². The maximum Gasteiger partial charge on any atom is 0.418 e. The van der Waals surface area contributed by atoms with Gasteiger partial charge in [-0.05, 0) is 58.4 Å². The number of halogens is 3. The molecule has 0 bridgehead atoms. The van der Waals surface area contributed by atoms with E-state index >= 15 is 0 Å². The molecular weight excluding hydrogens is 493 g/mol. The van der Waals surface area contributed by atoms with Crippen molar-refractivity contribution in [2.24, 2.45) is 10.9 Å². The number of hydrogen-bond donors (Lipinski definition) is 0. The van der Waals surface area contributed by atoms with Crippen molar-refractivity contribution in [3.05, 3.63) is 35.4 Å². The lowest BCUT2D eigenvalue weighted by atomic mass is 9.79. The molecule has 0 aliphatic heterocycles. The molecule has 200 valence electrons. The lowest BCUT2D eigenvalue weighted by molar-refractivity contribution is 0.0110. The molecule has 35 heavy (non-hydrogen) atoms. The SMILES string of the molecule is CS/C(=N\[C@](C)(c1cccc(F)c1F)[C@H](C)CCF)N(COCC[Si](C)(C)C)C(=O)OC(C)(C)C. The molecule has 1 rings (SSSR count). The summed E-state index contributed by atoms with van der Waals surface area (Å²) in [4.78, 5) is 19.2. The quantitative estimate of drug-likeness (QED) is 0.103. The smallest absolute Gasteiger partial charge is 0.418 e. The predicted octanol–water partition coefficient (Wildman–Crippen LogP) is 7.44. The van der Waals surface area contributed by atoms with Crippen LogP contribution in [0.2, 0.25) is 25.7 Å². The largest absolute Gasteiger partial charge is 0.443 e. The first-order chi connectivity index (χ1) is 16.1. The van der Waals surface area contributed by atoms with Gasteiger partial charge in [0, 0.05) is 20.2 Å². The average Bonchev–Trinajstić information content (AvgIpc) is 2.72. The first-order valence-corrected chi connectivity index (χ1v) is 16.7. The van der Waals surface area contributed by atoms with Gasteiger partial charge in [0.15, 0.2) is 16.8 Å². The third-order valence-electron chi connectivity index (χ3n) is 5.57. The van der Waals surface area contributed by atoms with Gasteiger partial charge in [0.25, 0.3) is 0 Å². The Hall–Kier alpha value is -1.52. The molecular formula is C25H41F3N2O3SSi. The van der Waals surface area contributed by atoms with Gasteiger partial charge in [-0.25, -0.2) is 18.5 Å². The summed E-state index contributed by atoms with van der Waals surface area (Å²) in [5, 5.41) is 0.212. The highest BCUT2D eigenvalue weighted by molar-refractivity contribution is 8.13. The molecule has 10 heteroatoms. The number of carbonyl (C=O) groups excluding carboxylic acids is 1. The molecule has 1 aromatic rings. The first kappa shape index (κ1) is 31.5. The van der Waals surface area contributed by atoms with Gasteiger partial charge in [0.1, 0.15) is 12.3 Å². The Morgan fingerprint density at radius 2 is 1.83 bits per heavy atom. The molecule has 1 amide bonds. The number of carbonyl (C=O) groups is 1. The van der Waals surface area contributed by atoms with Crippen LogP contribution in [0.5, 0.6) is 0 Å². The van der Waals surface area contributed by atoms with Gasteiger partial charge in [-0.15, -0.1) is 0 Å². The molecule has 5 nitrogen and oxygen atoms in total. The lowest BCUT2D eigenvalue weighted by Crippen LogP contribution is -2.43. The highest BCUT2D eigenvalue weighted by Crippen LogP contribution is 2.39. The normalized spacial score (nSPS) is 15.5. The Kier molecular flexibility index (Phi) is 11.8. The molecule has 1 aromatic carbocycles. The van der Waals surface area contributed by atoms with Crippen LogP contribution in [-0.2, 0) is 15.0 Å². The van der Waals surface area contributed by atoms with Gasteiger partial charge in [-0.1, -0.05) is 50.5 Å². The minimum absolute atomic E-state index is 0.00575. The first-order valence-electron chi connectivity index (χ1n) is 11.8. The summed E-state index contributed by atoms with van der Waals surface area (Å²) < 4.78 is 53.8. The fraction of sp³-hybridized carbons (Fsp3) is 0.680. The molecule has 0 N–H and O–H groups in total. The molecule has 0 aliphatic rings. The summed E-state index contributed by atoms with van der Waals surface area (Å²) in [6.07, 6.45) is 1.14. The van der Waals surface area contributed by atoms with E-state index in [2.05, 4.69) is 19.6 Å². The van der Waals surface area contributed by atoms with Crippen molar-refractivity contribution < 1.29 is 27.4 Å². The van der Waals surface area contributed by atoms with E-state index in [0.29, 0.717) is 6.61 Å². The summed E-state index contributed by atoms with van der Waals surface area (Å²) in [7, 11) is -1.36. The number of nitrogens with zero attached hydrogens (tertiary/aromatic N) is 2. The van der Waals surface area contributed by atoms with Crippen molar-refractivity contribution in [2.75, 3.05) is 26.3 Å². The van der Waals surface area contributed by atoms with E-state index in [1.165, 1.54) is 17.0 Å². The van der Waals surface area contributed by atoms with Crippen LogP contribution in [0.1, 0.15) is 46.6 Å². The van der Waals surface area contributed by atoms with Crippen LogP contribution in [0.3, 0.4) is 0 Å². The molecule has 0 spiro atoms. The van der Waals surface area contributed by atoms with Gasteiger partial charge in [0.2, 0.25) is 0 Å². The van der Waals surface area contributed by atoms with Crippen LogP contribution in [0.15, 0.2) is 23.2 Å². The number of amidine groups is 1. The fourth-order valence-corrected chi connectivity index (χ4v) is 4.61. The Labute approximate surface area is 213 Å². The number of thioether (sulfide) groups is 1. The van der Waals surface area contributed by atoms with E-state index in [4.69, 9.17) is 14.5 Å². The third-order valence-corrected chi connectivity index (χ3v) is 7.95. The molecule has 0 unspecified atom stereocenters. The number of amides is 1. The second-order valence-corrected chi connectivity index (χ2v) is 17.4. The number of ether oxygens (including phenoxy) is 2. The fourth-order valence-electron chi connectivity index (χ4n) is 3.23. The van der Waals surface area contributed by atoms with Gasteiger partial charge in [-0.2, -0.15) is 0 Å². The summed E-state index contributed by atoms with van der Waals surface area (Å²) >= 11 is 1.16. The predicted molar refractivity (Wildman–Crippen MR) is 141 cm³/mol. The minimum Gasteiger partial charge on any atom is -0.443 e. The van der Waals surface area contributed by atoms with E-state index in [0.717, 1.165) is 23.9 Å². The monoisotopic (exact) mass is 534 g/mol. The van der Waals surface area contributed by atoms with Crippen LogP contribution >= 0.6 is 11.8 Å². The van der Waals surface area contributed by atoms with Crippen molar-refractivity contribution in [3.8, 4) is 0 Å². The summed E-state index contributed by atoms with van der Waals surface area (Å²) in [6, 6.07) is 4.77. The van der Waals surface area contributed by atoms with Gasteiger partial charge < -0.3 is 9.47 Å². The number of rotatable bonds is 10. The molecule has 0 saturated carbocycles. The highest BCUT2D eigenvalue weighted by atomic mass is 32.2. The van der Waals surface area contributed by atoms with Crippen molar-refractivity contribution in [2.45, 2.75) is 77.9 Å². The Balaban J connectivity index is 3.53. The topological polar surface area (TPSA) is 51.1 Å². The summed E-state index contributed by atoms with van der Waals surface area (Å²) in [5.74, 6) is -2.56. The summed E-state index contributed by atoms with van der Waals surface area (Å²) in [5.41, 5.74) is -2.12. The van der Waals surface area contributed by atoms with Crippen LogP contribution in [0, 0.1) is 17.6 Å². The van der Waals surface area contributed by atoms with E-state index in [9.17, 15) is 18.0 Å². The van der Waals surface area contributed by atoms with Crippen molar-refractivity contribution in [1.82, 2.24) is 4.90 Å². The zero-order valence-electron chi connectivity index (χ0n) is 22.5. The summed E-state index contributed by atoms with van der Waals surface area (Å²) in [6.45, 7) is 15.0.